The first-order valence-corrected chi connectivity index (χ1v) is 10.4. The molecule has 4 rings (SSSR count). The highest BCUT2D eigenvalue weighted by atomic mass is 79.9. The number of hydrogen-bond donors (Lipinski definition) is 1. The summed E-state index contributed by atoms with van der Waals surface area (Å²) in [6, 6.07) is 6.09. The first kappa shape index (κ1) is 18.0. The van der Waals surface area contributed by atoms with E-state index in [9.17, 15) is 9.59 Å². The number of likely N-dealkylation sites (N-methyl/N-ethyl adjacent to an activating group) is 1. The summed E-state index contributed by atoms with van der Waals surface area (Å²) in [5.74, 6) is -0.0448. The van der Waals surface area contributed by atoms with Crippen LogP contribution in [0, 0.1) is 0 Å². The molecule has 1 atom stereocenters. The van der Waals surface area contributed by atoms with E-state index in [4.69, 9.17) is 0 Å². The number of halogens is 1. The van der Waals surface area contributed by atoms with Gasteiger partial charge in [0.05, 0.1) is 6.54 Å². The zero-order valence-corrected chi connectivity index (χ0v) is 16.8. The van der Waals surface area contributed by atoms with Crippen LogP contribution in [0.1, 0.15) is 48.5 Å². The molecule has 6 heteroatoms. The summed E-state index contributed by atoms with van der Waals surface area (Å²) in [7, 11) is 0. The molecule has 0 radical (unpaired) electrons. The zero-order valence-electron chi connectivity index (χ0n) is 15.3. The Morgan fingerprint density at radius 1 is 1.38 bits per heavy atom. The van der Waals surface area contributed by atoms with Gasteiger partial charge in [-0.05, 0) is 62.5 Å². The van der Waals surface area contributed by atoms with Crippen molar-refractivity contribution in [2.45, 2.75) is 44.1 Å². The number of hydrogen-bond acceptors (Lipinski definition) is 3. The summed E-state index contributed by atoms with van der Waals surface area (Å²) in [6.07, 6.45) is 4.33. The summed E-state index contributed by atoms with van der Waals surface area (Å²) < 4.78 is 1.01. The Morgan fingerprint density at radius 3 is 2.92 bits per heavy atom. The number of nitrogens with zero attached hydrogens (tertiary/aromatic N) is 2. The lowest BCUT2D eigenvalue weighted by Crippen LogP contribution is -2.52. The average molecular weight is 420 g/mol. The van der Waals surface area contributed by atoms with Crippen molar-refractivity contribution in [1.29, 1.82) is 0 Å². The van der Waals surface area contributed by atoms with Crippen LogP contribution in [0.2, 0.25) is 0 Å². The van der Waals surface area contributed by atoms with Crippen LogP contribution in [0.4, 0.5) is 0 Å². The third-order valence-electron chi connectivity index (χ3n) is 6.07. The second kappa shape index (κ2) is 6.97. The second-order valence-electron chi connectivity index (χ2n) is 7.93. The number of carbonyl (C=O) groups excluding carboxylic acids is 2. The lowest BCUT2D eigenvalue weighted by Gasteiger charge is -2.36. The fourth-order valence-electron chi connectivity index (χ4n) is 4.45. The number of benzene rings is 1. The van der Waals surface area contributed by atoms with Gasteiger partial charge in [-0.2, -0.15) is 0 Å². The minimum atomic E-state index is -0.0299. The number of carbonyl (C=O) groups is 2. The molecule has 140 valence electrons. The predicted octanol–water partition coefficient (Wildman–Crippen LogP) is 2.54. The van der Waals surface area contributed by atoms with Crippen LogP contribution in [-0.4, -0.2) is 60.4 Å². The van der Waals surface area contributed by atoms with Crippen molar-refractivity contribution in [2.24, 2.45) is 0 Å². The van der Waals surface area contributed by atoms with Gasteiger partial charge in [0.1, 0.15) is 0 Å². The highest BCUT2D eigenvalue weighted by Crippen LogP contribution is 2.52. The molecule has 1 aliphatic carbocycles. The van der Waals surface area contributed by atoms with E-state index in [1.165, 1.54) is 0 Å². The van der Waals surface area contributed by atoms with Gasteiger partial charge in [0.25, 0.3) is 5.91 Å². The Bertz CT molecular complexity index is 732. The third-order valence-corrected chi connectivity index (χ3v) is 6.56. The highest BCUT2D eigenvalue weighted by Gasteiger charge is 2.51. The maximum Gasteiger partial charge on any atom is 0.254 e. The molecular formula is C20H26BrN3O2. The maximum atomic E-state index is 12.9. The van der Waals surface area contributed by atoms with Crippen molar-refractivity contribution < 1.29 is 9.59 Å². The van der Waals surface area contributed by atoms with E-state index < -0.39 is 0 Å². The molecule has 5 nitrogen and oxygen atoms in total. The molecule has 2 fully saturated rings. The first-order chi connectivity index (χ1) is 12.5. The van der Waals surface area contributed by atoms with E-state index in [1.807, 2.05) is 12.1 Å². The average Bonchev–Trinajstić information content (AvgIpc) is 3.40. The van der Waals surface area contributed by atoms with Crippen molar-refractivity contribution in [3.8, 4) is 0 Å². The largest absolute Gasteiger partial charge is 0.351 e. The minimum Gasteiger partial charge on any atom is -0.351 e. The molecule has 1 saturated carbocycles. The van der Waals surface area contributed by atoms with Crippen LogP contribution < -0.4 is 5.32 Å². The van der Waals surface area contributed by atoms with Crippen molar-refractivity contribution in [2.75, 3.05) is 32.7 Å². The van der Waals surface area contributed by atoms with Crippen LogP contribution >= 0.6 is 15.9 Å². The monoisotopic (exact) mass is 419 g/mol. The molecule has 26 heavy (non-hydrogen) atoms. The van der Waals surface area contributed by atoms with Crippen LogP contribution in [0.5, 0.6) is 0 Å². The van der Waals surface area contributed by atoms with E-state index in [2.05, 4.69) is 39.1 Å². The van der Waals surface area contributed by atoms with Gasteiger partial charge in [0.2, 0.25) is 5.91 Å². The third kappa shape index (κ3) is 3.41. The van der Waals surface area contributed by atoms with Gasteiger partial charge >= 0.3 is 0 Å². The molecule has 2 heterocycles. The smallest absolute Gasteiger partial charge is 0.254 e. The van der Waals surface area contributed by atoms with E-state index in [1.54, 1.807) is 4.90 Å². The molecule has 1 spiro atoms. The Hall–Kier alpha value is -1.40. The Kier molecular flexibility index (Phi) is 4.82. The predicted molar refractivity (Wildman–Crippen MR) is 104 cm³/mol. The number of amides is 2. The van der Waals surface area contributed by atoms with Gasteiger partial charge in [-0.25, -0.2) is 0 Å². The van der Waals surface area contributed by atoms with E-state index in [-0.39, 0.29) is 29.8 Å². The fourth-order valence-corrected chi connectivity index (χ4v) is 4.81. The molecule has 3 aliphatic rings. The summed E-state index contributed by atoms with van der Waals surface area (Å²) in [5.41, 5.74) is 1.98. The van der Waals surface area contributed by atoms with Crippen LogP contribution in [0.3, 0.4) is 0 Å². The van der Waals surface area contributed by atoms with Crippen molar-refractivity contribution in [1.82, 2.24) is 15.1 Å². The molecule has 0 aromatic heterocycles. The normalized spacial score (nSPS) is 24.5. The lowest BCUT2D eigenvalue weighted by molar-refractivity contribution is -0.123. The number of piperidine rings is 1. The van der Waals surface area contributed by atoms with Gasteiger partial charge in [-0.1, -0.05) is 22.9 Å². The summed E-state index contributed by atoms with van der Waals surface area (Å²) in [4.78, 5) is 29.6. The van der Waals surface area contributed by atoms with Gasteiger partial charge in [0.15, 0.2) is 0 Å². The molecule has 1 saturated heterocycles. The van der Waals surface area contributed by atoms with E-state index in [0.717, 1.165) is 60.9 Å². The molecule has 1 aromatic rings. The standard InChI is InChI=1S/C20H26BrN3O2/c1-2-23-9-3-4-15(11-23)22-18(25)12-24-13-20(7-8-20)17-10-14(21)5-6-16(17)19(24)26/h5-6,10,15H,2-4,7-9,11-13H2,1H3,(H,22,25). The Balaban J connectivity index is 1.43. The van der Waals surface area contributed by atoms with Crippen molar-refractivity contribution >= 4 is 27.7 Å². The first-order valence-electron chi connectivity index (χ1n) is 9.62. The number of likely N-dealkylation sites (tertiary alicyclic amines) is 1. The van der Waals surface area contributed by atoms with Crippen molar-refractivity contribution in [3.63, 3.8) is 0 Å². The number of rotatable bonds is 4. The Labute approximate surface area is 163 Å². The topological polar surface area (TPSA) is 52.7 Å². The van der Waals surface area contributed by atoms with Gasteiger partial charge < -0.3 is 15.1 Å². The molecule has 2 aliphatic heterocycles. The SMILES string of the molecule is CCN1CCCC(NC(=O)CN2CC3(CC3)c3cc(Br)ccc3C2=O)C1. The van der Waals surface area contributed by atoms with Gasteiger partial charge in [-0.3, -0.25) is 9.59 Å². The van der Waals surface area contributed by atoms with Crippen molar-refractivity contribution in [3.05, 3.63) is 33.8 Å². The summed E-state index contributed by atoms with van der Waals surface area (Å²) >= 11 is 3.52. The second-order valence-corrected chi connectivity index (χ2v) is 8.85. The molecule has 1 unspecified atom stereocenters. The fraction of sp³-hybridized carbons (Fsp3) is 0.600. The van der Waals surface area contributed by atoms with Gasteiger partial charge in [-0.15, -0.1) is 0 Å². The van der Waals surface area contributed by atoms with Gasteiger partial charge in [0, 0.05) is 34.6 Å². The molecular weight excluding hydrogens is 394 g/mol. The van der Waals surface area contributed by atoms with Crippen LogP contribution in [-0.2, 0) is 10.2 Å². The molecule has 1 N–H and O–H groups in total. The Morgan fingerprint density at radius 2 is 2.19 bits per heavy atom. The summed E-state index contributed by atoms with van der Waals surface area (Å²) in [5, 5.41) is 3.15. The van der Waals surface area contributed by atoms with E-state index in [0.29, 0.717) is 6.54 Å². The molecule has 1 aromatic carbocycles. The lowest BCUT2D eigenvalue weighted by atomic mass is 9.86. The molecule has 2 amide bonds. The number of fused-ring (bicyclic) bond motifs is 2. The van der Waals surface area contributed by atoms with Crippen LogP contribution in [0.25, 0.3) is 0 Å². The minimum absolute atomic E-state index is 0.0148. The number of nitrogens with one attached hydrogen (secondary N) is 1. The summed E-state index contributed by atoms with van der Waals surface area (Å²) in [6.45, 7) is 6.03. The van der Waals surface area contributed by atoms with E-state index >= 15 is 0 Å². The quantitative estimate of drug-likeness (QED) is 0.815. The van der Waals surface area contributed by atoms with Crippen LogP contribution in [0.15, 0.2) is 22.7 Å². The molecule has 0 bridgehead atoms. The highest BCUT2D eigenvalue weighted by molar-refractivity contribution is 9.10. The zero-order chi connectivity index (χ0) is 18.3. The maximum absolute atomic E-state index is 12.9.